The highest BCUT2D eigenvalue weighted by Crippen LogP contribution is 2.34. The summed E-state index contributed by atoms with van der Waals surface area (Å²) < 4.78 is 0. The molecule has 1 aliphatic heterocycles. The maximum Gasteiger partial charge on any atom is 0.222 e. The standard InChI is InChI=1S/C15H22BrNOS/c1-15(2)11-17(9-8-13(15)16)14(18)7-3-5-12-6-4-10-19-12/h4,6,10,13H,3,5,7-9,11H2,1-2H3. The van der Waals surface area contributed by atoms with Crippen molar-refractivity contribution < 1.29 is 4.79 Å². The van der Waals surface area contributed by atoms with E-state index in [0.29, 0.717) is 17.2 Å². The first-order valence-corrected chi connectivity index (χ1v) is 8.73. The van der Waals surface area contributed by atoms with E-state index in [2.05, 4.69) is 47.3 Å². The predicted molar refractivity (Wildman–Crippen MR) is 85.0 cm³/mol. The van der Waals surface area contributed by atoms with Crippen LogP contribution in [0.2, 0.25) is 0 Å². The molecule has 4 heteroatoms. The Bertz CT molecular complexity index is 416. The van der Waals surface area contributed by atoms with Gasteiger partial charge in [-0.1, -0.05) is 35.8 Å². The highest BCUT2D eigenvalue weighted by molar-refractivity contribution is 9.09. The van der Waals surface area contributed by atoms with Crippen LogP contribution in [0.4, 0.5) is 0 Å². The Labute approximate surface area is 128 Å². The molecule has 1 aromatic rings. The number of carbonyl (C=O) groups excluding carboxylic acids is 1. The lowest BCUT2D eigenvalue weighted by atomic mass is 9.84. The molecule has 1 saturated heterocycles. The minimum atomic E-state index is 0.182. The van der Waals surface area contributed by atoms with Gasteiger partial charge >= 0.3 is 0 Å². The molecule has 1 unspecified atom stereocenters. The Morgan fingerprint density at radius 1 is 1.58 bits per heavy atom. The van der Waals surface area contributed by atoms with Gasteiger partial charge in [0.15, 0.2) is 0 Å². The number of aryl methyl sites for hydroxylation is 1. The van der Waals surface area contributed by atoms with Gasteiger partial charge in [0, 0.05) is 29.2 Å². The maximum atomic E-state index is 12.2. The third-order valence-corrected chi connectivity index (χ3v) is 6.48. The van der Waals surface area contributed by atoms with Crippen molar-refractivity contribution in [1.29, 1.82) is 0 Å². The summed E-state index contributed by atoms with van der Waals surface area (Å²) >= 11 is 5.51. The summed E-state index contributed by atoms with van der Waals surface area (Å²) in [6.45, 7) is 6.24. The average molecular weight is 344 g/mol. The molecule has 0 spiro atoms. The Kier molecular flexibility index (Phi) is 5.07. The van der Waals surface area contributed by atoms with E-state index < -0.39 is 0 Å². The van der Waals surface area contributed by atoms with Crippen LogP contribution in [0.5, 0.6) is 0 Å². The Morgan fingerprint density at radius 3 is 3.00 bits per heavy atom. The van der Waals surface area contributed by atoms with Gasteiger partial charge in [-0.2, -0.15) is 0 Å². The number of alkyl halides is 1. The lowest BCUT2D eigenvalue weighted by Crippen LogP contribution is -2.48. The Balaban J connectivity index is 1.77. The maximum absolute atomic E-state index is 12.2. The average Bonchev–Trinajstić information content (AvgIpc) is 2.85. The van der Waals surface area contributed by atoms with Gasteiger partial charge < -0.3 is 4.90 Å². The van der Waals surface area contributed by atoms with Crippen LogP contribution in [0.1, 0.15) is 38.0 Å². The van der Waals surface area contributed by atoms with Crippen molar-refractivity contribution in [1.82, 2.24) is 4.90 Å². The summed E-state index contributed by atoms with van der Waals surface area (Å²) in [7, 11) is 0. The van der Waals surface area contributed by atoms with E-state index in [0.717, 1.165) is 32.4 Å². The van der Waals surface area contributed by atoms with Crippen molar-refractivity contribution in [3.05, 3.63) is 22.4 Å². The molecule has 1 atom stereocenters. The molecule has 0 saturated carbocycles. The van der Waals surface area contributed by atoms with Crippen molar-refractivity contribution in [2.24, 2.45) is 5.41 Å². The SMILES string of the molecule is CC1(C)CN(C(=O)CCCc2cccs2)CCC1Br. The van der Waals surface area contributed by atoms with E-state index >= 15 is 0 Å². The number of nitrogens with zero attached hydrogens (tertiary/aromatic N) is 1. The minimum Gasteiger partial charge on any atom is -0.342 e. The van der Waals surface area contributed by atoms with E-state index in [1.54, 1.807) is 11.3 Å². The molecule has 19 heavy (non-hydrogen) atoms. The summed E-state index contributed by atoms with van der Waals surface area (Å²) in [6.07, 6.45) is 3.74. The molecular formula is C15H22BrNOS. The quantitative estimate of drug-likeness (QED) is 0.754. The van der Waals surface area contributed by atoms with Crippen LogP contribution < -0.4 is 0 Å². The minimum absolute atomic E-state index is 0.182. The molecule has 0 bridgehead atoms. The van der Waals surface area contributed by atoms with Gasteiger partial charge in [-0.15, -0.1) is 11.3 Å². The van der Waals surface area contributed by atoms with Crippen LogP contribution in [0, 0.1) is 5.41 Å². The van der Waals surface area contributed by atoms with Crippen LogP contribution >= 0.6 is 27.3 Å². The van der Waals surface area contributed by atoms with Crippen molar-refractivity contribution in [3.63, 3.8) is 0 Å². The molecule has 0 N–H and O–H groups in total. The zero-order chi connectivity index (χ0) is 13.9. The molecule has 2 rings (SSSR count). The fourth-order valence-corrected chi connectivity index (χ4v) is 3.67. The van der Waals surface area contributed by atoms with Crippen LogP contribution in [0.3, 0.4) is 0 Å². The number of hydrogen-bond donors (Lipinski definition) is 0. The van der Waals surface area contributed by atoms with E-state index in [1.165, 1.54) is 4.88 Å². The zero-order valence-corrected chi connectivity index (χ0v) is 14.1. The lowest BCUT2D eigenvalue weighted by molar-refractivity contribution is -0.134. The molecule has 0 radical (unpaired) electrons. The monoisotopic (exact) mass is 343 g/mol. The number of piperidine rings is 1. The summed E-state index contributed by atoms with van der Waals surface area (Å²) in [5.41, 5.74) is 0.182. The summed E-state index contributed by atoms with van der Waals surface area (Å²) in [4.78, 5) is 16.2. The van der Waals surface area contributed by atoms with Crippen molar-refractivity contribution in [2.45, 2.75) is 44.4 Å². The smallest absolute Gasteiger partial charge is 0.222 e. The number of hydrogen-bond acceptors (Lipinski definition) is 2. The van der Waals surface area contributed by atoms with Gasteiger partial charge in [0.25, 0.3) is 0 Å². The second-order valence-corrected chi connectivity index (χ2v) is 8.13. The first-order chi connectivity index (χ1) is 8.99. The summed E-state index contributed by atoms with van der Waals surface area (Å²) in [5, 5.41) is 2.10. The molecule has 0 aromatic carbocycles. The first kappa shape index (κ1) is 15.0. The Morgan fingerprint density at radius 2 is 2.37 bits per heavy atom. The van der Waals surface area contributed by atoms with E-state index in [4.69, 9.17) is 0 Å². The topological polar surface area (TPSA) is 20.3 Å². The highest BCUT2D eigenvalue weighted by atomic mass is 79.9. The molecule has 1 fully saturated rings. The van der Waals surface area contributed by atoms with Crippen molar-refractivity contribution in [2.75, 3.05) is 13.1 Å². The van der Waals surface area contributed by atoms with Crippen LogP contribution in [0.15, 0.2) is 17.5 Å². The van der Waals surface area contributed by atoms with Crippen LogP contribution in [-0.4, -0.2) is 28.7 Å². The fraction of sp³-hybridized carbons (Fsp3) is 0.667. The third-order valence-electron chi connectivity index (χ3n) is 3.85. The van der Waals surface area contributed by atoms with Gasteiger partial charge in [0.05, 0.1) is 0 Å². The van der Waals surface area contributed by atoms with Crippen molar-refractivity contribution >= 4 is 33.2 Å². The normalized spacial score (nSPS) is 22.5. The summed E-state index contributed by atoms with van der Waals surface area (Å²) in [6, 6.07) is 4.22. The number of thiophene rings is 1. The molecule has 1 aliphatic rings. The Hall–Kier alpha value is -0.350. The first-order valence-electron chi connectivity index (χ1n) is 6.93. The largest absolute Gasteiger partial charge is 0.342 e. The van der Waals surface area contributed by atoms with E-state index in [1.807, 2.05) is 4.90 Å². The fourth-order valence-electron chi connectivity index (χ4n) is 2.57. The predicted octanol–water partition coefficient (Wildman–Crippen LogP) is 4.09. The zero-order valence-electron chi connectivity index (χ0n) is 11.7. The molecule has 1 amide bonds. The van der Waals surface area contributed by atoms with Gasteiger partial charge in [0.2, 0.25) is 5.91 Å². The van der Waals surface area contributed by atoms with E-state index in [-0.39, 0.29) is 5.41 Å². The third kappa shape index (κ3) is 4.06. The number of amides is 1. The number of halogens is 1. The molecule has 0 aliphatic carbocycles. The van der Waals surface area contributed by atoms with Crippen LogP contribution in [0.25, 0.3) is 0 Å². The highest BCUT2D eigenvalue weighted by Gasteiger charge is 2.35. The van der Waals surface area contributed by atoms with Crippen LogP contribution in [-0.2, 0) is 11.2 Å². The van der Waals surface area contributed by atoms with Gasteiger partial charge in [-0.25, -0.2) is 0 Å². The molecule has 1 aromatic heterocycles. The molecule has 106 valence electrons. The van der Waals surface area contributed by atoms with Gasteiger partial charge in [-0.3, -0.25) is 4.79 Å². The molecule has 2 heterocycles. The number of likely N-dealkylation sites (tertiary alicyclic amines) is 1. The van der Waals surface area contributed by atoms with E-state index in [9.17, 15) is 4.79 Å². The number of carbonyl (C=O) groups is 1. The summed E-state index contributed by atoms with van der Waals surface area (Å²) in [5.74, 6) is 0.323. The molecular weight excluding hydrogens is 322 g/mol. The second kappa shape index (κ2) is 6.40. The van der Waals surface area contributed by atoms with Crippen molar-refractivity contribution in [3.8, 4) is 0 Å². The van der Waals surface area contributed by atoms with Gasteiger partial charge in [0.1, 0.15) is 0 Å². The number of rotatable bonds is 4. The second-order valence-electron chi connectivity index (χ2n) is 5.99. The van der Waals surface area contributed by atoms with Gasteiger partial charge in [-0.05, 0) is 36.1 Å². The lowest BCUT2D eigenvalue weighted by Gasteiger charge is -2.42. The molecule has 2 nitrogen and oxygen atoms in total.